The average molecular weight is 340 g/mol. The Kier molecular flexibility index (Phi) is 5.66. The lowest BCUT2D eigenvalue weighted by molar-refractivity contribution is 0.0775. The standard InChI is InChI=1S/C20H24N2O3/c1-3-25-18-6-4-16(5-7-18)20(23)22-12-17(14-24-2)19(13-22)15-8-10-21-11-9-15/h4-11,17,19H,3,12-14H2,1-2H3/t17-,19-/m0/s1. The van der Waals surface area contributed by atoms with Crippen molar-refractivity contribution in [1.82, 2.24) is 9.88 Å². The third-order valence-corrected chi connectivity index (χ3v) is 4.66. The van der Waals surface area contributed by atoms with E-state index in [9.17, 15) is 4.79 Å². The van der Waals surface area contributed by atoms with Gasteiger partial charge in [-0.15, -0.1) is 0 Å². The van der Waals surface area contributed by atoms with Crippen molar-refractivity contribution in [1.29, 1.82) is 0 Å². The van der Waals surface area contributed by atoms with E-state index in [1.54, 1.807) is 19.5 Å². The maximum atomic E-state index is 12.9. The van der Waals surface area contributed by atoms with Gasteiger partial charge in [0.15, 0.2) is 0 Å². The van der Waals surface area contributed by atoms with Crippen molar-refractivity contribution in [3.63, 3.8) is 0 Å². The quantitative estimate of drug-likeness (QED) is 0.811. The molecule has 25 heavy (non-hydrogen) atoms. The van der Waals surface area contributed by atoms with Gasteiger partial charge in [-0.1, -0.05) is 0 Å². The Morgan fingerprint density at radius 2 is 1.88 bits per heavy atom. The minimum absolute atomic E-state index is 0.0562. The number of amides is 1. The Labute approximate surface area is 148 Å². The van der Waals surface area contributed by atoms with Crippen molar-refractivity contribution in [3.05, 3.63) is 59.9 Å². The summed E-state index contributed by atoms with van der Waals surface area (Å²) in [6.07, 6.45) is 3.60. The third-order valence-electron chi connectivity index (χ3n) is 4.66. The molecule has 2 aromatic rings. The summed E-state index contributed by atoms with van der Waals surface area (Å²) in [6, 6.07) is 11.4. The molecule has 0 bridgehead atoms. The van der Waals surface area contributed by atoms with Gasteiger partial charge in [0.2, 0.25) is 0 Å². The highest BCUT2D eigenvalue weighted by Gasteiger charge is 2.36. The van der Waals surface area contributed by atoms with Crippen molar-refractivity contribution >= 4 is 5.91 Å². The second-order valence-electron chi connectivity index (χ2n) is 6.27. The molecule has 1 aliphatic heterocycles. The SMILES string of the molecule is CCOc1ccc(C(=O)N2C[C@@H](COC)[C@H](c3ccncc3)C2)cc1. The number of carbonyl (C=O) groups is 1. The fourth-order valence-corrected chi connectivity index (χ4v) is 3.45. The van der Waals surface area contributed by atoms with Crippen LogP contribution in [0.4, 0.5) is 0 Å². The predicted molar refractivity (Wildman–Crippen MR) is 95.9 cm³/mol. The number of pyridine rings is 1. The minimum atomic E-state index is 0.0562. The lowest BCUT2D eigenvalue weighted by Crippen LogP contribution is -2.29. The highest BCUT2D eigenvalue weighted by molar-refractivity contribution is 5.94. The first-order valence-corrected chi connectivity index (χ1v) is 8.64. The molecule has 1 fully saturated rings. The molecule has 1 aromatic carbocycles. The summed E-state index contributed by atoms with van der Waals surface area (Å²) in [7, 11) is 1.71. The van der Waals surface area contributed by atoms with Gasteiger partial charge in [0.25, 0.3) is 5.91 Å². The molecule has 3 rings (SSSR count). The third kappa shape index (κ3) is 3.99. The molecule has 5 heteroatoms. The molecule has 1 amide bonds. The van der Waals surface area contributed by atoms with Gasteiger partial charge in [0, 0.05) is 50.0 Å². The Balaban J connectivity index is 1.75. The molecule has 5 nitrogen and oxygen atoms in total. The average Bonchev–Trinajstić information content (AvgIpc) is 3.07. The number of nitrogens with zero attached hydrogens (tertiary/aromatic N) is 2. The molecule has 0 radical (unpaired) electrons. The van der Waals surface area contributed by atoms with Crippen LogP contribution in [-0.2, 0) is 4.74 Å². The van der Waals surface area contributed by atoms with E-state index in [4.69, 9.17) is 9.47 Å². The molecule has 0 spiro atoms. The summed E-state index contributed by atoms with van der Waals surface area (Å²) >= 11 is 0. The number of ether oxygens (including phenoxy) is 2. The highest BCUT2D eigenvalue weighted by atomic mass is 16.5. The first-order chi connectivity index (χ1) is 12.2. The largest absolute Gasteiger partial charge is 0.494 e. The molecule has 132 valence electrons. The zero-order chi connectivity index (χ0) is 17.6. The number of methoxy groups -OCH3 is 1. The summed E-state index contributed by atoms with van der Waals surface area (Å²) < 4.78 is 10.8. The summed E-state index contributed by atoms with van der Waals surface area (Å²) in [5.74, 6) is 1.40. The summed E-state index contributed by atoms with van der Waals surface area (Å²) in [6.45, 7) is 4.60. The van der Waals surface area contributed by atoms with Crippen LogP contribution in [0.25, 0.3) is 0 Å². The first kappa shape index (κ1) is 17.4. The van der Waals surface area contributed by atoms with Crippen LogP contribution in [0.15, 0.2) is 48.8 Å². The van der Waals surface area contributed by atoms with Crippen LogP contribution in [0.2, 0.25) is 0 Å². The fourth-order valence-electron chi connectivity index (χ4n) is 3.45. The van der Waals surface area contributed by atoms with Crippen molar-refractivity contribution in [3.8, 4) is 5.75 Å². The maximum absolute atomic E-state index is 12.9. The number of rotatable bonds is 6. The lowest BCUT2D eigenvalue weighted by Gasteiger charge is -2.17. The molecule has 0 saturated carbocycles. The normalized spacial score (nSPS) is 19.8. The topological polar surface area (TPSA) is 51.7 Å². The molecule has 1 saturated heterocycles. The van der Waals surface area contributed by atoms with Gasteiger partial charge in [0.05, 0.1) is 13.2 Å². The van der Waals surface area contributed by atoms with Crippen LogP contribution in [0.3, 0.4) is 0 Å². The number of aromatic nitrogens is 1. The molecule has 1 aromatic heterocycles. The predicted octanol–water partition coefficient (Wildman–Crippen LogP) is 2.98. The van der Waals surface area contributed by atoms with E-state index in [0.29, 0.717) is 37.8 Å². The van der Waals surface area contributed by atoms with Gasteiger partial charge in [-0.3, -0.25) is 9.78 Å². The van der Waals surface area contributed by atoms with Gasteiger partial charge < -0.3 is 14.4 Å². The second kappa shape index (κ2) is 8.12. The van der Waals surface area contributed by atoms with Gasteiger partial charge >= 0.3 is 0 Å². The maximum Gasteiger partial charge on any atom is 0.253 e. The van der Waals surface area contributed by atoms with Gasteiger partial charge in [-0.05, 0) is 48.9 Å². The summed E-state index contributed by atoms with van der Waals surface area (Å²) in [4.78, 5) is 18.9. The second-order valence-corrected chi connectivity index (χ2v) is 6.27. The smallest absolute Gasteiger partial charge is 0.253 e. The molecular weight excluding hydrogens is 316 g/mol. The Bertz CT molecular complexity index is 688. The molecule has 0 aliphatic carbocycles. The summed E-state index contributed by atoms with van der Waals surface area (Å²) in [5.41, 5.74) is 1.90. The van der Waals surface area contributed by atoms with Crippen molar-refractivity contribution in [2.45, 2.75) is 12.8 Å². The monoisotopic (exact) mass is 340 g/mol. The molecule has 2 heterocycles. The van der Waals surface area contributed by atoms with Gasteiger partial charge in [0.1, 0.15) is 5.75 Å². The van der Waals surface area contributed by atoms with Crippen LogP contribution in [-0.4, -0.2) is 49.2 Å². The van der Waals surface area contributed by atoms with Crippen LogP contribution in [0.1, 0.15) is 28.8 Å². The number of carbonyl (C=O) groups excluding carboxylic acids is 1. The van der Waals surface area contributed by atoms with E-state index >= 15 is 0 Å². The molecule has 0 N–H and O–H groups in total. The highest BCUT2D eigenvalue weighted by Crippen LogP contribution is 2.33. The van der Waals surface area contributed by atoms with Gasteiger partial charge in [-0.2, -0.15) is 0 Å². The van der Waals surface area contributed by atoms with E-state index in [2.05, 4.69) is 4.98 Å². The number of hydrogen-bond acceptors (Lipinski definition) is 4. The molecule has 1 aliphatic rings. The number of hydrogen-bond donors (Lipinski definition) is 0. The van der Waals surface area contributed by atoms with Crippen molar-refractivity contribution < 1.29 is 14.3 Å². The minimum Gasteiger partial charge on any atom is -0.494 e. The number of benzene rings is 1. The van der Waals surface area contributed by atoms with E-state index < -0.39 is 0 Å². The van der Waals surface area contributed by atoms with E-state index in [1.807, 2.05) is 48.2 Å². The molecular formula is C20H24N2O3. The first-order valence-electron chi connectivity index (χ1n) is 8.64. The number of likely N-dealkylation sites (tertiary alicyclic amines) is 1. The molecule has 0 unspecified atom stereocenters. The fraction of sp³-hybridized carbons (Fsp3) is 0.400. The van der Waals surface area contributed by atoms with Crippen molar-refractivity contribution in [2.24, 2.45) is 5.92 Å². The van der Waals surface area contributed by atoms with Crippen LogP contribution in [0, 0.1) is 5.92 Å². The van der Waals surface area contributed by atoms with Crippen molar-refractivity contribution in [2.75, 3.05) is 33.4 Å². The van der Waals surface area contributed by atoms with Crippen LogP contribution < -0.4 is 4.74 Å². The zero-order valence-corrected chi connectivity index (χ0v) is 14.7. The van der Waals surface area contributed by atoms with Crippen LogP contribution >= 0.6 is 0 Å². The van der Waals surface area contributed by atoms with E-state index in [1.165, 1.54) is 5.56 Å². The van der Waals surface area contributed by atoms with Gasteiger partial charge in [-0.25, -0.2) is 0 Å². The Hall–Kier alpha value is -2.40. The Morgan fingerprint density at radius 3 is 2.52 bits per heavy atom. The summed E-state index contributed by atoms with van der Waals surface area (Å²) in [5, 5.41) is 0. The Morgan fingerprint density at radius 1 is 1.16 bits per heavy atom. The molecule has 2 atom stereocenters. The zero-order valence-electron chi connectivity index (χ0n) is 14.7. The van der Waals surface area contributed by atoms with E-state index in [-0.39, 0.29) is 11.8 Å². The van der Waals surface area contributed by atoms with Crippen LogP contribution in [0.5, 0.6) is 5.75 Å². The van der Waals surface area contributed by atoms with E-state index in [0.717, 1.165) is 5.75 Å². The lowest BCUT2D eigenvalue weighted by atomic mass is 9.90.